The van der Waals surface area contributed by atoms with Gasteiger partial charge in [-0.2, -0.15) is 0 Å². The molecule has 0 aliphatic heterocycles. The number of aryl methyl sites for hydroxylation is 4. The summed E-state index contributed by atoms with van der Waals surface area (Å²) in [7, 11) is 0. The molecule has 0 fully saturated rings. The van der Waals surface area contributed by atoms with Crippen LogP contribution in [-0.4, -0.2) is 11.2 Å². The maximum Gasteiger partial charge on any atom is 0.422 e. The summed E-state index contributed by atoms with van der Waals surface area (Å²) in [4.78, 5) is 24.0. The van der Waals surface area contributed by atoms with Crippen molar-refractivity contribution in [2.45, 2.75) is 33.7 Å². The van der Waals surface area contributed by atoms with E-state index in [0.717, 1.165) is 11.3 Å². The van der Waals surface area contributed by atoms with E-state index in [2.05, 4.69) is 6.92 Å². The number of hydrogen-bond donors (Lipinski definition) is 0. The number of benzene rings is 2. The molecule has 5 heteroatoms. The lowest BCUT2D eigenvalue weighted by Gasteiger charge is -2.11. The first kappa shape index (κ1) is 17.0. The summed E-state index contributed by atoms with van der Waals surface area (Å²) in [5.41, 5.74) is 3.32. The summed E-state index contributed by atoms with van der Waals surface area (Å²) in [6, 6.07) is 11.3. The zero-order valence-electron chi connectivity index (χ0n) is 14.7. The minimum atomic E-state index is -0.627. The Bertz CT molecular complexity index is 1030. The van der Waals surface area contributed by atoms with Crippen LogP contribution in [0, 0.1) is 20.8 Å². The molecule has 0 amide bonds. The van der Waals surface area contributed by atoms with Crippen molar-refractivity contribution in [3.63, 3.8) is 0 Å². The van der Waals surface area contributed by atoms with Gasteiger partial charge in [-0.3, -0.25) is 4.57 Å². The van der Waals surface area contributed by atoms with Crippen molar-refractivity contribution in [2.75, 3.05) is 6.61 Å². The van der Waals surface area contributed by atoms with Crippen LogP contribution in [0.5, 0.6) is 5.75 Å². The molecule has 2 aromatic carbocycles. The second kappa shape index (κ2) is 6.97. The van der Waals surface area contributed by atoms with Crippen LogP contribution in [0.15, 0.2) is 50.4 Å². The van der Waals surface area contributed by atoms with E-state index in [4.69, 9.17) is 9.15 Å². The van der Waals surface area contributed by atoms with Crippen molar-refractivity contribution < 1.29 is 9.15 Å². The molecule has 0 atom stereocenters. The summed E-state index contributed by atoms with van der Waals surface area (Å²) in [5, 5.41) is 0.426. The molecule has 0 bridgehead atoms. The second-order valence-electron chi connectivity index (χ2n) is 6.23. The van der Waals surface area contributed by atoms with Crippen molar-refractivity contribution >= 4 is 10.9 Å². The van der Waals surface area contributed by atoms with Gasteiger partial charge in [0, 0.05) is 6.54 Å². The predicted molar refractivity (Wildman–Crippen MR) is 97.5 cm³/mol. The summed E-state index contributed by atoms with van der Waals surface area (Å²) in [5.74, 6) is 0.189. The van der Waals surface area contributed by atoms with Gasteiger partial charge in [0.1, 0.15) is 5.75 Å². The smallest absolute Gasteiger partial charge is 0.422 e. The maximum absolute atomic E-state index is 12.1. The van der Waals surface area contributed by atoms with Gasteiger partial charge >= 0.3 is 11.4 Å². The van der Waals surface area contributed by atoms with E-state index in [1.54, 1.807) is 12.1 Å². The van der Waals surface area contributed by atoms with Gasteiger partial charge in [-0.1, -0.05) is 18.2 Å². The lowest BCUT2D eigenvalue weighted by atomic mass is 10.1. The van der Waals surface area contributed by atoms with Gasteiger partial charge in [0.25, 0.3) is 0 Å². The molecule has 5 nitrogen and oxygen atoms in total. The fourth-order valence-corrected chi connectivity index (χ4v) is 2.88. The Morgan fingerprint density at radius 1 is 1.00 bits per heavy atom. The lowest BCUT2D eigenvalue weighted by molar-refractivity contribution is 0.296. The molecule has 3 rings (SSSR count). The Balaban J connectivity index is 1.76. The van der Waals surface area contributed by atoms with Crippen molar-refractivity contribution in [3.05, 3.63) is 74.1 Å². The standard InChI is InChI=1S/C20H21NO4/c1-13-8-9-16(12-15(13)3)24-11-5-10-21-18-14(2)6-4-7-17(18)19(22)25-20(21)23/h4,6-9,12H,5,10-11H2,1-3H3. The molecule has 0 saturated heterocycles. The van der Waals surface area contributed by atoms with E-state index in [0.29, 0.717) is 30.5 Å². The van der Waals surface area contributed by atoms with Crippen LogP contribution in [0.2, 0.25) is 0 Å². The topological polar surface area (TPSA) is 61.4 Å². The van der Waals surface area contributed by atoms with E-state index in [-0.39, 0.29) is 0 Å². The van der Waals surface area contributed by atoms with E-state index < -0.39 is 11.4 Å². The molecule has 0 N–H and O–H groups in total. The summed E-state index contributed by atoms with van der Waals surface area (Å²) >= 11 is 0. The van der Waals surface area contributed by atoms with Crippen LogP contribution in [0.25, 0.3) is 10.9 Å². The SMILES string of the molecule is Cc1ccc(OCCCn2c(=O)oc(=O)c3cccc(C)c32)cc1C. The third-order valence-electron chi connectivity index (χ3n) is 4.40. The first-order valence-corrected chi connectivity index (χ1v) is 8.30. The van der Waals surface area contributed by atoms with Gasteiger partial charge in [-0.05, 0) is 62.1 Å². The highest BCUT2D eigenvalue weighted by atomic mass is 16.5. The predicted octanol–water partition coefficient (Wildman–Crippen LogP) is 3.35. The third kappa shape index (κ3) is 3.50. The number of ether oxygens (including phenoxy) is 1. The molecule has 1 heterocycles. The van der Waals surface area contributed by atoms with E-state index in [1.165, 1.54) is 15.7 Å². The Morgan fingerprint density at radius 2 is 1.80 bits per heavy atom. The number of aromatic nitrogens is 1. The normalized spacial score (nSPS) is 11.0. The number of para-hydroxylation sites is 1. The number of nitrogens with zero attached hydrogens (tertiary/aromatic N) is 1. The highest BCUT2D eigenvalue weighted by Gasteiger charge is 2.11. The van der Waals surface area contributed by atoms with E-state index in [1.807, 2.05) is 38.1 Å². The first-order chi connectivity index (χ1) is 12.0. The zero-order valence-corrected chi connectivity index (χ0v) is 14.7. The quantitative estimate of drug-likeness (QED) is 0.669. The molecule has 25 heavy (non-hydrogen) atoms. The largest absolute Gasteiger partial charge is 0.494 e. The molecule has 0 saturated carbocycles. The van der Waals surface area contributed by atoms with Gasteiger partial charge < -0.3 is 9.15 Å². The van der Waals surface area contributed by atoms with Crippen LogP contribution in [0.4, 0.5) is 0 Å². The molecule has 1 aromatic heterocycles. The lowest BCUT2D eigenvalue weighted by Crippen LogP contribution is -2.26. The summed E-state index contributed by atoms with van der Waals surface area (Å²) in [6.45, 7) is 6.88. The number of fused-ring (bicyclic) bond motifs is 1. The van der Waals surface area contributed by atoms with Crippen LogP contribution in [0.1, 0.15) is 23.1 Å². The van der Waals surface area contributed by atoms with Crippen molar-refractivity contribution in [3.8, 4) is 5.75 Å². The number of hydrogen-bond acceptors (Lipinski definition) is 4. The third-order valence-corrected chi connectivity index (χ3v) is 4.40. The second-order valence-corrected chi connectivity index (χ2v) is 6.23. The average molecular weight is 339 g/mol. The van der Waals surface area contributed by atoms with Crippen LogP contribution in [0.3, 0.4) is 0 Å². The van der Waals surface area contributed by atoms with Gasteiger partial charge in [0.2, 0.25) is 0 Å². The van der Waals surface area contributed by atoms with Crippen LogP contribution < -0.4 is 16.1 Å². The minimum absolute atomic E-state index is 0.425. The average Bonchev–Trinajstić information content (AvgIpc) is 2.57. The Kier molecular flexibility index (Phi) is 4.74. The van der Waals surface area contributed by atoms with E-state index >= 15 is 0 Å². The molecule has 0 unspecified atom stereocenters. The monoisotopic (exact) mass is 339 g/mol. The Hall–Kier alpha value is -2.82. The van der Waals surface area contributed by atoms with Gasteiger partial charge in [0.15, 0.2) is 0 Å². The molecular weight excluding hydrogens is 318 g/mol. The van der Waals surface area contributed by atoms with E-state index in [9.17, 15) is 9.59 Å². The zero-order chi connectivity index (χ0) is 18.0. The van der Waals surface area contributed by atoms with Crippen molar-refractivity contribution in [1.82, 2.24) is 4.57 Å². The molecule has 0 radical (unpaired) electrons. The van der Waals surface area contributed by atoms with Crippen LogP contribution in [-0.2, 0) is 6.54 Å². The highest BCUT2D eigenvalue weighted by molar-refractivity contribution is 5.80. The van der Waals surface area contributed by atoms with Crippen LogP contribution >= 0.6 is 0 Å². The van der Waals surface area contributed by atoms with Crippen molar-refractivity contribution in [2.24, 2.45) is 0 Å². The van der Waals surface area contributed by atoms with Gasteiger partial charge in [-0.15, -0.1) is 0 Å². The van der Waals surface area contributed by atoms with Crippen molar-refractivity contribution in [1.29, 1.82) is 0 Å². The minimum Gasteiger partial charge on any atom is -0.494 e. The van der Waals surface area contributed by atoms with Gasteiger partial charge in [0.05, 0.1) is 17.5 Å². The molecular formula is C20H21NO4. The Morgan fingerprint density at radius 3 is 2.56 bits per heavy atom. The summed E-state index contributed by atoms with van der Waals surface area (Å²) in [6.07, 6.45) is 0.629. The molecule has 0 spiro atoms. The fourth-order valence-electron chi connectivity index (χ4n) is 2.88. The highest BCUT2D eigenvalue weighted by Crippen LogP contribution is 2.17. The molecule has 0 aliphatic carbocycles. The fraction of sp³-hybridized carbons (Fsp3) is 0.300. The molecule has 3 aromatic rings. The van der Waals surface area contributed by atoms with Gasteiger partial charge in [-0.25, -0.2) is 9.59 Å². The molecule has 130 valence electrons. The Labute approximate surface area is 145 Å². The first-order valence-electron chi connectivity index (χ1n) is 8.30. The summed E-state index contributed by atoms with van der Waals surface area (Å²) < 4.78 is 12.1. The maximum atomic E-state index is 12.1. The number of rotatable bonds is 5. The molecule has 0 aliphatic rings.